The summed E-state index contributed by atoms with van der Waals surface area (Å²) in [6, 6.07) is 24.7. The number of carbonyl (C=O) groups excluding carboxylic acids is 1. The number of unbranched alkanes of at least 4 members (excludes halogenated alkanes) is 1. The minimum absolute atomic E-state index is 0.103. The van der Waals surface area contributed by atoms with Crippen LogP contribution < -0.4 is 4.74 Å². The summed E-state index contributed by atoms with van der Waals surface area (Å²) < 4.78 is 7.65. The lowest BCUT2D eigenvalue weighted by atomic mass is 9.93. The molecule has 0 unspecified atom stereocenters. The van der Waals surface area contributed by atoms with Crippen molar-refractivity contribution in [3.05, 3.63) is 89.5 Å². The number of carbonyl (C=O) groups is 1. The standard InChI is InChI=1S/C28H28N2O2/c1-4-5-18-30-27(21-10-6-7-11-22(21)28(30)31)25-23-12-8-9-13-24(23)29(2)26(25)19-14-16-20(32-3)17-15-19/h6-17,27H,4-5,18H2,1-3H3/t27-/m0/s1. The SMILES string of the molecule is CCCCN1C(=O)c2ccccc2[C@H]1c1c(-c2ccc(OC)cc2)n(C)c2ccccc12. The molecule has 32 heavy (non-hydrogen) atoms. The quantitative estimate of drug-likeness (QED) is 0.369. The van der Waals surface area contributed by atoms with Gasteiger partial charge in [-0.3, -0.25) is 4.79 Å². The lowest BCUT2D eigenvalue weighted by Crippen LogP contribution is -2.30. The molecular formula is C28H28N2O2. The molecule has 1 aromatic heterocycles. The minimum Gasteiger partial charge on any atom is -0.497 e. The van der Waals surface area contributed by atoms with Crippen molar-refractivity contribution in [2.75, 3.05) is 13.7 Å². The predicted octanol–water partition coefficient (Wildman–Crippen LogP) is 6.20. The molecule has 5 rings (SSSR count). The van der Waals surface area contributed by atoms with E-state index in [0.717, 1.165) is 47.5 Å². The van der Waals surface area contributed by atoms with Gasteiger partial charge in [0.15, 0.2) is 0 Å². The first-order chi connectivity index (χ1) is 15.7. The fourth-order valence-electron chi connectivity index (χ4n) is 5.04. The van der Waals surface area contributed by atoms with Gasteiger partial charge in [0, 0.05) is 35.6 Å². The summed E-state index contributed by atoms with van der Waals surface area (Å²) in [6.45, 7) is 2.92. The van der Waals surface area contributed by atoms with Crippen molar-refractivity contribution < 1.29 is 9.53 Å². The molecule has 0 fully saturated rings. The first-order valence-electron chi connectivity index (χ1n) is 11.3. The third-order valence-corrected chi connectivity index (χ3v) is 6.59. The van der Waals surface area contributed by atoms with Crippen LogP contribution in [-0.4, -0.2) is 29.0 Å². The van der Waals surface area contributed by atoms with E-state index in [1.54, 1.807) is 7.11 Å². The molecule has 0 spiro atoms. The van der Waals surface area contributed by atoms with Gasteiger partial charge >= 0.3 is 0 Å². The Morgan fingerprint density at radius 3 is 2.41 bits per heavy atom. The van der Waals surface area contributed by atoms with Gasteiger partial charge in [-0.15, -0.1) is 0 Å². The van der Waals surface area contributed by atoms with Gasteiger partial charge in [0.1, 0.15) is 5.75 Å². The van der Waals surface area contributed by atoms with Gasteiger partial charge in [-0.1, -0.05) is 49.7 Å². The van der Waals surface area contributed by atoms with Crippen molar-refractivity contribution in [3.8, 4) is 17.0 Å². The molecule has 1 aliphatic heterocycles. The van der Waals surface area contributed by atoms with Gasteiger partial charge in [0.2, 0.25) is 0 Å². The number of methoxy groups -OCH3 is 1. The average Bonchev–Trinajstić information content (AvgIpc) is 3.28. The van der Waals surface area contributed by atoms with Crippen molar-refractivity contribution >= 4 is 16.8 Å². The summed E-state index contributed by atoms with van der Waals surface area (Å²) in [5.74, 6) is 0.965. The summed E-state index contributed by atoms with van der Waals surface area (Å²) in [4.78, 5) is 15.5. The van der Waals surface area contributed by atoms with Crippen LogP contribution in [0.2, 0.25) is 0 Å². The third kappa shape index (κ3) is 3.10. The smallest absolute Gasteiger partial charge is 0.255 e. The van der Waals surface area contributed by atoms with Crippen LogP contribution in [0, 0.1) is 0 Å². The van der Waals surface area contributed by atoms with Crippen molar-refractivity contribution in [2.24, 2.45) is 7.05 Å². The molecule has 0 N–H and O–H groups in total. The molecular weight excluding hydrogens is 396 g/mol. The average molecular weight is 425 g/mol. The maximum Gasteiger partial charge on any atom is 0.255 e. The Morgan fingerprint density at radius 1 is 0.938 bits per heavy atom. The van der Waals surface area contributed by atoms with E-state index in [1.807, 2.05) is 30.3 Å². The number of aromatic nitrogens is 1. The van der Waals surface area contributed by atoms with E-state index < -0.39 is 0 Å². The van der Waals surface area contributed by atoms with E-state index in [9.17, 15) is 4.79 Å². The Kier molecular flexibility index (Phi) is 5.22. The van der Waals surface area contributed by atoms with Crippen molar-refractivity contribution in [2.45, 2.75) is 25.8 Å². The van der Waals surface area contributed by atoms with E-state index in [1.165, 1.54) is 16.5 Å². The summed E-state index contributed by atoms with van der Waals surface area (Å²) in [6.07, 6.45) is 2.03. The van der Waals surface area contributed by atoms with Crippen LogP contribution in [-0.2, 0) is 7.05 Å². The fraction of sp³-hybridized carbons (Fsp3) is 0.250. The molecule has 162 valence electrons. The zero-order valence-electron chi connectivity index (χ0n) is 18.8. The molecule has 0 radical (unpaired) electrons. The topological polar surface area (TPSA) is 34.5 Å². The highest BCUT2D eigenvalue weighted by molar-refractivity contribution is 6.02. The predicted molar refractivity (Wildman–Crippen MR) is 129 cm³/mol. The lowest BCUT2D eigenvalue weighted by Gasteiger charge is -2.27. The van der Waals surface area contributed by atoms with Gasteiger partial charge in [0.05, 0.1) is 18.8 Å². The number of amides is 1. The van der Waals surface area contributed by atoms with Crippen LogP contribution in [0.15, 0.2) is 72.8 Å². The van der Waals surface area contributed by atoms with Crippen molar-refractivity contribution in [3.63, 3.8) is 0 Å². The Labute approximate surface area is 189 Å². The Bertz CT molecular complexity index is 1290. The zero-order valence-corrected chi connectivity index (χ0v) is 18.8. The van der Waals surface area contributed by atoms with Crippen molar-refractivity contribution in [1.29, 1.82) is 0 Å². The molecule has 1 amide bonds. The maximum absolute atomic E-state index is 13.5. The van der Waals surface area contributed by atoms with Crippen LogP contribution in [0.4, 0.5) is 0 Å². The second kappa shape index (κ2) is 8.19. The lowest BCUT2D eigenvalue weighted by molar-refractivity contribution is 0.0748. The Morgan fingerprint density at radius 2 is 1.66 bits per heavy atom. The summed E-state index contributed by atoms with van der Waals surface area (Å²) in [5, 5.41) is 1.19. The molecule has 0 bridgehead atoms. The molecule has 1 atom stereocenters. The Balaban J connectivity index is 1.79. The first kappa shape index (κ1) is 20.4. The van der Waals surface area contributed by atoms with E-state index in [4.69, 9.17) is 4.74 Å². The van der Waals surface area contributed by atoms with Crippen LogP contribution in [0.1, 0.15) is 47.3 Å². The van der Waals surface area contributed by atoms with Gasteiger partial charge in [-0.25, -0.2) is 0 Å². The number of ether oxygens (including phenoxy) is 1. The number of fused-ring (bicyclic) bond motifs is 2. The van der Waals surface area contributed by atoms with Gasteiger partial charge in [-0.2, -0.15) is 0 Å². The molecule has 2 heterocycles. The number of rotatable bonds is 6. The highest BCUT2D eigenvalue weighted by atomic mass is 16.5. The number of benzene rings is 3. The van der Waals surface area contributed by atoms with Crippen LogP contribution in [0.25, 0.3) is 22.2 Å². The number of para-hydroxylation sites is 1. The van der Waals surface area contributed by atoms with Crippen molar-refractivity contribution in [1.82, 2.24) is 9.47 Å². The second-order valence-electron chi connectivity index (χ2n) is 8.41. The van der Waals surface area contributed by atoms with E-state index >= 15 is 0 Å². The van der Waals surface area contributed by atoms with Crippen LogP contribution >= 0.6 is 0 Å². The third-order valence-electron chi connectivity index (χ3n) is 6.59. The highest BCUT2D eigenvalue weighted by Crippen LogP contribution is 2.46. The molecule has 4 nitrogen and oxygen atoms in total. The van der Waals surface area contributed by atoms with E-state index in [-0.39, 0.29) is 11.9 Å². The number of nitrogens with zero attached hydrogens (tertiary/aromatic N) is 2. The summed E-state index contributed by atoms with van der Waals surface area (Å²) in [7, 11) is 3.80. The number of hydrogen-bond donors (Lipinski definition) is 0. The molecule has 0 aliphatic carbocycles. The summed E-state index contributed by atoms with van der Waals surface area (Å²) >= 11 is 0. The van der Waals surface area contributed by atoms with E-state index in [2.05, 4.69) is 65.9 Å². The Hall–Kier alpha value is -3.53. The van der Waals surface area contributed by atoms with Gasteiger partial charge in [-0.05, 0) is 53.9 Å². The van der Waals surface area contributed by atoms with Crippen LogP contribution in [0.5, 0.6) is 5.75 Å². The molecule has 4 aromatic rings. The number of hydrogen-bond acceptors (Lipinski definition) is 2. The largest absolute Gasteiger partial charge is 0.497 e. The van der Waals surface area contributed by atoms with E-state index in [0.29, 0.717) is 0 Å². The minimum atomic E-state index is -0.103. The fourth-order valence-corrected chi connectivity index (χ4v) is 5.04. The zero-order chi connectivity index (χ0) is 22.2. The molecule has 1 aliphatic rings. The normalized spacial score (nSPS) is 15.4. The molecule has 0 saturated heterocycles. The maximum atomic E-state index is 13.5. The molecule has 3 aromatic carbocycles. The van der Waals surface area contributed by atoms with Crippen LogP contribution in [0.3, 0.4) is 0 Å². The van der Waals surface area contributed by atoms with Gasteiger partial charge in [0.25, 0.3) is 5.91 Å². The highest BCUT2D eigenvalue weighted by Gasteiger charge is 2.40. The molecule has 0 saturated carbocycles. The van der Waals surface area contributed by atoms with Gasteiger partial charge < -0.3 is 14.2 Å². The molecule has 4 heteroatoms. The monoisotopic (exact) mass is 424 g/mol. The first-order valence-corrected chi connectivity index (χ1v) is 11.3. The summed E-state index contributed by atoms with van der Waals surface area (Å²) in [5.41, 5.74) is 6.54. The number of aryl methyl sites for hydroxylation is 1. The second-order valence-corrected chi connectivity index (χ2v) is 8.41.